The first-order valence-electron chi connectivity index (χ1n) is 6.16. The summed E-state index contributed by atoms with van der Waals surface area (Å²) in [6, 6.07) is 17.1. The molecule has 0 amide bonds. The Morgan fingerprint density at radius 3 is 2.35 bits per heavy atom. The van der Waals surface area contributed by atoms with E-state index in [1.165, 1.54) is 0 Å². The molecule has 0 unspecified atom stereocenters. The first-order valence-corrected chi connectivity index (χ1v) is 6.54. The van der Waals surface area contributed by atoms with Crippen LogP contribution in [-0.2, 0) is 6.61 Å². The second-order valence-corrected chi connectivity index (χ2v) is 4.73. The first-order chi connectivity index (χ1) is 9.79. The molecule has 0 fully saturated rings. The van der Waals surface area contributed by atoms with Gasteiger partial charge in [0.15, 0.2) is 0 Å². The van der Waals surface area contributed by atoms with Gasteiger partial charge >= 0.3 is 0 Å². The van der Waals surface area contributed by atoms with E-state index in [2.05, 4.69) is 10.3 Å². The molecular formula is C15H12ClN3O. The van der Waals surface area contributed by atoms with Crippen LogP contribution in [0.1, 0.15) is 5.69 Å². The molecular weight excluding hydrogens is 274 g/mol. The summed E-state index contributed by atoms with van der Waals surface area (Å²) >= 11 is 5.92. The van der Waals surface area contributed by atoms with Gasteiger partial charge in [0.2, 0.25) is 0 Å². The van der Waals surface area contributed by atoms with Crippen molar-refractivity contribution >= 4 is 11.6 Å². The van der Waals surface area contributed by atoms with Crippen molar-refractivity contribution < 1.29 is 5.11 Å². The summed E-state index contributed by atoms with van der Waals surface area (Å²) in [6.07, 6.45) is 0. The Balaban J connectivity index is 2.18. The minimum absolute atomic E-state index is 0.162. The summed E-state index contributed by atoms with van der Waals surface area (Å²) < 4.78 is 1.72. The highest BCUT2D eigenvalue weighted by atomic mass is 35.5. The number of aliphatic hydroxyl groups excluding tert-OH is 1. The molecule has 100 valence electrons. The zero-order chi connectivity index (χ0) is 13.9. The monoisotopic (exact) mass is 285 g/mol. The Hall–Kier alpha value is -2.17. The summed E-state index contributed by atoms with van der Waals surface area (Å²) in [4.78, 5) is 0. The molecule has 0 saturated carbocycles. The van der Waals surface area contributed by atoms with E-state index >= 15 is 0 Å². The van der Waals surface area contributed by atoms with Crippen LogP contribution in [0.15, 0.2) is 54.6 Å². The average molecular weight is 286 g/mol. The molecule has 5 heteroatoms. The van der Waals surface area contributed by atoms with Gasteiger partial charge in [-0.15, -0.1) is 5.10 Å². The fourth-order valence-electron chi connectivity index (χ4n) is 2.07. The number of hydrogen-bond acceptors (Lipinski definition) is 3. The Morgan fingerprint density at radius 1 is 1.00 bits per heavy atom. The van der Waals surface area contributed by atoms with Gasteiger partial charge in [0.05, 0.1) is 12.3 Å². The molecule has 0 aliphatic rings. The van der Waals surface area contributed by atoms with Gasteiger partial charge in [-0.3, -0.25) is 0 Å². The largest absolute Gasteiger partial charge is 0.390 e. The van der Waals surface area contributed by atoms with Crippen molar-refractivity contribution in [2.75, 3.05) is 0 Å². The van der Waals surface area contributed by atoms with E-state index in [1.54, 1.807) is 16.8 Å². The standard InChI is InChI=1S/C15H12ClN3O/c16-12-8-6-11(7-9-12)15-14(10-20)17-18-19(15)13-4-2-1-3-5-13/h1-9,20H,10H2. The molecule has 0 bridgehead atoms. The molecule has 0 saturated heterocycles. The number of hydrogen-bond donors (Lipinski definition) is 1. The van der Waals surface area contributed by atoms with Gasteiger partial charge in [-0.1, -0.05) is 47.1 Å². The summed E-state index contributed by atoms with van der Waals surface area (Å²) in [5.41, 5.74) is 3.11. The van der Waals surface area contributed by atoms with E-state index < -0.39 is 0 Å². The van der Waals surface area contributed by atoms with Crippen LogP contribution in [0.5, 0.6) is 0 Å². The predicted octanol–water partition coefficient (Wildman–Crippen LogP) is 3.08. The highest BCUT2D eigenvalue weighted by molar-refractivity contribution is 6.30. The van der Waals surface area contributed by atoms with Crippen molar-refractivity contribution in [1.29, 1.82) is 0 Å². The summed E-state index contributed by atoms with van der Waals surface area (Å²) in [7, 11) is 0. The van der Waals surface area contributed by atoms with Crippen LogP contribution in [0.3, 0.4) is 0 Å². The third-order valence-corrected chi connectivity index (χ3v) is 3.26. The maximum absolute atomic E-state index is 9.45. The number of para-hydroxylation sites is 1. The number of nitrogens with zero attached hydrogens (tertiary/aromatic N) is 3. The van der Waals surface area contributed by atoms with Crippen LogP contribution in [0.2, 0.25) is 5.02 Å². The lowest BCUT2D eigenvalue weighted by Crippen LogP contribution is -1.99. The van der Waals surface area contributed by atoms with Crippen molar-refractivity contribution in [2.24, 2.45) is 0 Å². The number of halogens is 1. The van der Waals surface area contributed by atoms with Crippen LogP contribution in [0.25, 0.3) is 16.9 Å². The fourth-order valence-corrected chi connectivity index (χ4v) is 2.19. The number of aliphatic hydroxyl groups is 1. The van der Waals surface area contributed by atoms with Crippen LogP contribution in [0, 0.1) is 0 Å². The van der Waals surface area contributed by atoms with Gasteiger partial charge in [-0.2, -0.15) is 0 Å². The van der Waals surface area contributed by atoms with Gasteiger partial charge in [0, 0.05) is 10.6 Å². The average Bonchev–Trinajstić information content (AvgIpc) is 2.93. The van der Waals surface area contributed by atoms with Gasteiger partial charge in [-0.25, -0.2) is 4.68 Å². The highest BCUT2D eigenvalue weighted by Gasteiger charge is 2.15. The minimum atomic E-state index is -0.162. The van der Waals surface area contributed by atoms with Crippen molar-refractivity contribution in [3.63, 3.8) is 0 Å². The van der Waals surface area contributed by atoms with Crippen molar-refractivity contribution in [1.82, 2.24) is 15.0 Å². The molecule has 0 radical (unpaired) electrons. The number of benzene rings is 2. The summed E-state index contributed by atoms with van der Waals surface area (Å²) in [5, 5.41) is 18.3. The predicted molar refractivity (Wildman–Crippen MR) is 77.7 cm³/mol. The molecule has 0 atom stereocenters. The molecule has 3 rings (SSSR count). The molecule has 2 aromatic carbocycles. The van der Waals surface area contributed by atoms with E-state index in [-0.39, 0.29) is 6.61 Å². The lowest BCUT2D eigenvalue weighted by molar-refractivity contribution is 0.277. The minimum Gasteiger partial charge on any atom is -0.390 e. The van der Waals surface area contributed by atoms with Gasteiger partial charge in [0.1, 0.15) is 11.4 Å². The molecule has 0 spiro atoms. The molecule has 4 nitrogen and oxygen atoms in total. The smallest absolute Gasteiger partial charge is 0.117 e. The SMILES string of the molecule is OCc1nnn(-c2ccccc2)c1-c1ccc(Cl)cc1. The van der Waals surface area contributed by atoms with Crippen LogP contribution < -0.4 is 0 Å². The quantitative estimate of drug-likeness (QED) is 0.804. The van der Waals surface area contributed by atoms with E-state index in [9.17, 15) is 5.11 Å². The lowest BCUT2D eigenvalue weighted by Gasteiger charge is -2.07. The summed E-state index contributed by atoms with van der Waals surface area (Å²) in [6.45, 7) is -0.162. The maximum Gasteiger partial charge on any atom is 0.117 e. The fraction of sp³-hybridized carbons (Fsp3) is 0.0667. The topological polar surface area (TPSA) is 50.9 Å². The number of aromatic nitrogens is 3. The Labute approximate surface area is 121 Å². The molecule has 1 heterocycles. The van der Waals surface area contributed by atoms with E-state index in [1.807, 2.05) is 42.5 Å². The summed E-state index contributed by atoms with van der Waals surface area (Å²) in [5.74, 6) is 0. The van der Waals surface area contributed by atoms with Crippen LogP contribution in [-0.4, -0.2) is 20.1 Å². The first kappa shape index (κ1) is 12.8. The molecule has 3 aromatic rings. The van der Waals surface area contributed by atoms with Gasteiger partial charge in [0.25, 0.3) is 0 Å². The van der Waals surface area contributed by atoms with Crippen molar-refractivity contribution in [2.45, 2.75) is 6.61 Å². The van der Waals surface area contributed by atoms with E-state index in [4.69, 9.17) is 11.6 Å². The molecule has 0 aliphatic heterocycles. The normalized spacial score (nSPS) is 10.7. The zero-order valence-electron chi connectivity index (χ0n) is 10.6. The third kappa shape index (κ3) is 2.31. The second kappa shape index (κ2) is 5.45. The molecule has 1 aromatic heterocycles. The molecule has 20 heavy (non-hydrogen) atoms. The highest BCUT2D eigenvalue weighted by Crippen LogP contribution is 2.26. The maximum atomic E-state index is 9.45. The second-order valence-electron chi connectivity index (χ2n) is 4.30. The van der Waals surface area contributed by atoms with Crippen molar-refractivity contribution in [3.8, 4) is 16.9 Å². The Morgan fingerprint density at radius 2 is 1.70 bits per heavy atom. The van der Waals surface area contributed by atoms with E-state index in [0.717, 1.165) is 16.9 Å². The van der Waals surface area contributed by atoms with Gasteiger partial charge in [-0.05, 0) is 24.3 Å². The van der Waals surface area contributed by atoms with Crippen LogP contribution in [0.4, 0.5) is 0 Å². The molecule has 1 N–H and O–H groups in total. The zero-order valence-corrected chi connectivity index (χ0v) is 11.3. The number of rotatable bonds is 3. The Kier molecular flexibility index (Phi) is 3.50. The van der Waals surface area contributed by atoms with E-state index in [0.29, 0.717) is 10.7 Å². The van der Waals surface area contributed by atoms with Crippen molar-refractivity contribution in [3.05, 3.63) is 65.3 Å². The lowest BCUT2D eigenvalue weighted by atomic mass is 10.1. The molecule has 0 aliphatic carbocycles. The van der Waals surface area contributed by atoms with Crippen LogP contribution >= 0.6 is 11.6 Å². The van der Waals surface area contributed by atoms with Gasteiger partial charge < -0.3 is 5.11 Å². The Bertz CT molecular complexity index is 708. The third-order valence-electron chi connectivity index (χ3n) is 3.01.